The van der Waals surface area contributed by atoms with Crippen LogP contribution < -0.4 is 15.8 Å². The van der Waals surface area contributed by atoms with E-state index in [2.05, 4.69) is 5.32 Å². The number of primary amides is 1. The van der Waals surface area contributed by atoms with Gasteiger partial charge in [0.2, 0.25) is 18.3 Å². The molecule has 12 heteroatoms. The number of nitrogens with zero attached hydrogens (tertiary/aromatic N) is 2. The van der Waals surface area contributed by atoms with Gasteiger partial charge in [0.25, 0.3) is 0 Å². The quantitative estimate of drug-likeness (QED) is 0.163. The van der Waals surface area contributed by atoms with Crippen LogP contribution in [0.25, 0.3) is 0 Å². The fourth-order valence-corrected chi connectivity index (χ4v) is 6.74. The summed E-state index contributed by atoms with van der Waals surface area (Å²) in [6.45, 7) is 0.792. The summed E-state index contributed by atoms with van der Waals surface area (Å²) in [5, 5.41) is 34.9. The van der Waals surface area contributed by atoms with E-state index < -0.39 is 64.4 Å². The topological polar surface area (TPSA) is 191 Å². The van der Waals surface area contributed by atoms with Gasteiger partial charge in [0.15, 0.2) is 34.7 Å². The van der Waals surface area contributed by atoms with Crippen LogP contribution in [-0.4, -0.2) is 75.1 Å². The maximum atomic E-state index is 13.9. The minimum Gasteiger partial charge on any atom is -0.507 e. The Morgan fingerprint density at radius 3 is 2.40 bits per heavy atom. The summed E-state index contributed by atoms with van der Waals surface area (Å²) in [5.41, 5.74) is 4.76. The third-order valence-electron chi connectivity index (χ3n) is 8.57. The number of rotatable bonds is 6. The van der Waals surface area contributed by atoms with Crippen molar-refractivity contribution in [1.29, 1.82) is 0 Å². The number of carbonyl (C=O) groups excluding carboxylic acids is 5. The molecule has 1 aromatic heterocycles. The number of pyridine rings is 1. The number of Topliss-reactive ketones (excluding diaryl/α,β-unsaturated/α-hetero) is 4. The Morgan fingerprint density at radius 1 is 1.10 bits per heavy atom. The van der Waals surface area contributed by atoms with E-state index in [1.165, 1.54) is 23.4 Å². The first-order valence-corrected chi connectivity index (χ1v) is 13.0. The number of aliphatic hydroxyl groups is 1. The number of phenolic OH excluding ortho intramolecular Hbond substituents is 1. The molecule has 0 spiro atoms. The Labute approximate surface area is 229 Å². The molecule has 3 aliphatic carbocycles. The van der Waals surface area contributed by atoms with Crippen LogP contribution in [0.3, 0.4) is 0 Å². The largest absolute Gasteiger partial charge is 0.507 e. The number of amides is 1. The lowest BCUT2D eigenvalue weighted by Crippen LogP contribution is -2.74. The van der Waals surface area contributed by atoms with Gasteiger partial charge in [0.1, 0.15) is 5.75 Å². The number of nitrogens with one attached hydrogen (secondary N) is 1. The minimum atomic E-state index is -2.74. The van der Waals surface area contributed by atoms with E-state index in [-0.39, 0.29) is 24.2 Å². The predicted molar refractivity (Wildman–Crippen MR) is 136 cm³/mol. The molecule has 1 amide bonds. The van der Waals surface area contributed by atoms with Crippen molar-refractivity contribution in [3.05, 3.63) is 58.9 Å². The Bertz CT molecular complexity index is 1440. The molecule has 12 nitrogen and oxygen atoms in total. The van der Waals surface area contributed by atoms with Gasteiger partial charge in [0, 0.05) is 35.9 Å². The number of aromatic hydroxyl groups is 1. The molecule has 2 fully saturated rings. The van der Waals surface area contributed by atoms with E-state index in [9.17, 15) is 39.4 Å². The average Bonchev–Trinajstić information content (AvgIpc) is 2.88. The number of hydrogen-bond donors (Lipinski definition) is 5. The number of benzene rings is 1. The molecule has 6 N–H and O–H groups in total. The van der Waals surface area contributed by atoms with Crippen molar-refractivity contribution in [3.63, 3.8) is 0 Å². The van der Waals surface area contributed by atoms with Crippen LogP contribution in [0.15, 0.2) is 36.7 Å². The lowest BCUT2D eigenvalue weighted by Gasteiger charge is -2.52. The van der Waals surface area contributed by atoms with Gasteiger partial charge < -0.3 is 21.3 Å². The number of phenols is 1. The van der Waals surface area contributed by atoms with Crippen LogP contribution >= 0.6 is 0 Å². The second-order valence-electron chi connectivity index (χ2n) is 11.1. The zero-order valence-electron chi connectivity index (χ0n) is 22.0. The normalized spacial score (nSPS) is 29.6. The summed E-state index contributed by atoms with van der Waals surface area (Å²) in [5.74, 6) is -10.6. The highest BCUT2D eigenvalue weighted by molar-refractivity contribution is 6.32. The fourth-order valence-electron chi connectivity index (χ4n) is 6.74. The Morgan fingerprint density at radius 2 is 1.77 bits per heavy atom. The van der Waals surface area contributed by atoms with Crippen LogP contribution in [-0.2, 0) is 38.7 Å². The van der Waals surface area contributed by atoms with Gasteiger partial charge in [-0.25, -0.2) is 0 Å². The minimum absolute atomic E-state index is 0.00239. The molecule has 1 aromatic carbocycles. The predicted octanol–water partition coefficient (Wildman–Crippen LogP) is -1.32. The molecule has 3 aliphatic rings. The third kappa shape index (κ3) is 4.10. The first kappa shape index (κ1) is 27.6. The molecule has 2 saturated carbocycles. The highest BCUT2D eigenvalue weighted by Gasteiger charge is 2.69. The van der Waals surface area contributed by atoms with E-state index in [4.69, 9.17) is 5.73 Å². The molecule has 2 unspecified atom stereocenters. The van der Waals surface area contributed by atoms with Crippen molar-refractivity contribution in [2.45, 2.75) is 37.6 Å². The fraction of sp³-hybridized carbons (Fsp3) is 0.429. The molecule has 0 radical (unpaired) electrons. The van der Waals surface area contributed by atoms with Crippen molar-refractivity contribution in [2.75, 3.05) is 14.1 Å². The molecular formula is C28H31N4O8+. The molecule has 5 rings (SSSR count). The van der Waals surface area contributed by atoms with Gasteiger partial charge in [-0.3, -0.25) is 34.1 Å². The number of fused-ring (bicyclic) bond motifs is 3. The second kappa shape index (κ2) is 9.88. The third-order valence-corrected chi connectivity index (χ3v) is 8.57. The molecule has 40 heavy (non-hydrogen) atoms. The van der Waals surface area contributed by atoms with E-state index in [0.717, 1.165) is 15.9 Å². The van der Waals surface area contributed by atoms with Gasteiger partial charge in [-0.15, -0.1) is 0 Å². The van der Waals surface area contributed by atoms with Crippen molar-refractivity contribution in [2.24, 2.45) is 29.4 Å². The molecule has 210 valence electrons. The molecule has 6 atom stereocenters. The smallest absolute Gasteiger partial charge is 0.235 e. The molecule has 0 saturated heterocycles. The van der Waals surface area contributed by atoms with Crippen molar-refractivity contribution >= 4 is 29.0 Å². The summed E-state index contributed by atoms with van der Waals surface area (Å²) in [6.07, 6.45) is 3.19. The van der Waals surface area contributed by atoms with Crippen LogP contribution in [0.5, 0.6) is 5.75 Å². The summed E-state index contributed by atoms with van der Waals surface area (Å²) in [6, 6.07) is 5.38. The highest BCUT2D eigenvalue weighted by Crippen LogP contribution is 2.51. The van der Waals surface area contributed by atoms with Gasteiger partial charge in [-0.2, -0.15) is 0 Å². The first-order valence-electron chi connectivity index (χ1n) is 13.0. The number of nitrogens with two attached hydrogens (primary N) is 1. The molecular weight excluding hydrogens is 520 g/mol. The molecule has 2 aromatic rings. The van der Waals surface area contributed by atoms with Crippen molar-refractivity contribution < 1.29 is 44.1 Å². The second-order valence-corrected chi connectivity index (χ2v) is 11.1. The van der Waals surface area contributed by atoms with Crippen LogP contribution in [0.1, 0.15) is 33.5 Å². The SMILES string of the molecule is CN(C)[C@@H]1C(=O)C(C(N)=O)C(=O)[C@@]2(O)C(=O)C3C(=O)c4c(O)ccc(CNCc5cc[n+](O)cc5)c4C[C@H]3C[C@@H]12. The zero-order chi connectivity index (χ0) is 29.1. The number of ketones is 4. The maximum Gasteiger partial charge on any atom is 0.235 e. The lowest BCUT2D eigenvalue weighted by atomic mass is 9.52. The van der Waals surface area contributed by atoms with E-state index in [1.54, 1.807) is 32.3 Å². The number of carbonyl (C=O) groups is 5. The van der Waals surface area contributed by atoms with E-state index >= 15 is 0 Å². The number of likely N-dealkylation sites (N-methyl/N-ethyl adjacent to an activating group) is 1. The Balaban J connectivity index is 1.50. The summed E-state index contributed by atoms with van der Waals surface area (Å²) in [7, 11) is 3.09. The Kier molecular flexibility index (Phi) is 6.81. The van der Waals surface area contributed by atoms with Crippen molar-refractivity contribution in [1.82, 2.24) is 10.2 Å². The lowest BCUT2D eigenvalue weighted by molar-refractivity contribution is -0.904. The first-order chi connectivity index (χ1) is 18.9. The standard InChI is InChI=1S/C28H30N4O8/c1-31(2)22-17-10-15-9-16-14(12-30-11-13-5-7-32(40)8-6-13)3-4-18(33)20(16)23(34)19(15)25(36)28(17,39)26(37)21(24(22)35)27(29)38/h3-8,15,17,19,21-22,30,39H,9-12H2,1-2H3,(H3-,29,33,34,38,40)/p+1/t15-,17-,19?,21?,22-,28-/m0/s1. The van der Waals surface area contributed by atoms with Gasteiger partial charge in [-0.05, 0) is 55.6 Å². The Hall–Kier alpha value is -4.00. The van der Waals surface area contributed by atoms with E-state index in [1.807, 2.05) is 0 Å². The van der Waals surface area contributed by atoms with Gasteiger partial charge in [-0.1, -0.05) is 6.07 Å². The van der Waals surface area contributed by atoms with Crippen molar-refractivity contribution in [3.8, 4) is 5.75 Å². The summed E-state index contributed by atoms with van der Waals surface area (Å²) >= 11 is 0. The van der Waals surface area contributed by atoms with Crippen LogP contribution in [0.2, 0.25) is 0 Å². The highest BCUT2D eigenvalue weighted by atomic mass is 16.5. The number of hydrogen-bond acceptors (Lipinski definition) is 10. The van der Waals surface area contributed by atoms with Gasteiger partial charge >= 0.3 is 0 Å². The van der Waals surface area contributed by atoms with Crippen LogP contribution in [0, 0.1) is 23.7 Å². The zero-order valence-corrected chi connectivity index (χ0v) is 22.0. The average molecular weight is 552 g/mol. The number of aromatic nitrogens is 1. The monoisotopic (exact) mass is 551 g/mol. The maximum absolute atomic E-state index is 13.9. The van der Waals surface area contributed by atoms with Crippen LogP contribution in [0.4, 0.5) is 0 Å². The summed E-state index contributed by atoms with van der Waals surface area (Å²) < 4.78 is 0.927. The summed E-state index contributed by atoms with van der Waals surface area (Å²) in [4.78, 5) is 67.6. The molecule has 0 bridgehead atoms. The molecule has 0 aliphatic heterocycles. The molecule has 1 heterocycles. The van der Waals surface area contributed by atoms with E-state index in [0.29, 0.717) is 18.7 Å². The van der Waals surface area contributed by atoms with Gasteiger partial charge in [0.05, 0.1) is 17.5 Å².